The van der Waals surface area contributed by atoms with Gasteiger partial charge in [-0.1, -0.05) is 6.92 Å². The van der Waals surface area contributed by atoms with Gasteiger partial charge >= 0.3 is 6.09 Å². The first kappa shape index (κ1) is 16.6. The fraction of sp³-hybridized carbons (Fsp3) is 0.889. The van der Waals surface area contributed by atoms with Crippen molar-refractivity contribution in [2.45, 2.75) is 20.3 Å². The zero-order valence-electron chi connectivity index (χ0n) is 9.27. The maximum atomic E-state index is 9.60. The SMILES string of the molecule is CCC(CO)(CO)CO.CCOC(N)=O. The Morgan fingerprint density at radius 3 is 1.60 bits per heavy atom. The predicted molar refractivity (Wildman–Crippen MR) is 55.2 cm³/mol. The minimum atomic E-state index is -0.711. The van der Waals surface area contributed by atoms with Gasteiger partial charge in [0, 0.05) is 5.41 Å². The van der Waals surface area contributed by atoms with Gasteiger partial charge in [-0.05, 0) is 13.3 Å². The smallest absolute Gasteiger partial charge is 0.404 e. The lowest BCUT2D eigenvalue weighted by molar-refractivity contribution is 0.00304. The summed E-state index contributed by atoms with van der Waals surface area (Å²) < 4.78 is 4.18. The molecule has 0 bridgehead atoms. The van der Waals surface area contributed by atoms with E-state index in [0.717, 1.165) is 0 Å². The van der Waals surface area contributed by atoms with Gasteiger partial charge in [0.1, 0.15) is 0 Å². The monoisotopic (exact) mass is 223 g/mol. The molecule has 0 aliphatic carbocycles. The van der Waals surface area contributed by atoms with E-state index in [1.165, 1.54) is 0 Å². The summed E-state index contributed by atoms with van der Waals surface area (Å²) in [7, 11) is 0. The third-order valence-corrected chi connectivity index (χ3v) is 2.04. The van der Waals surface area contributed by atoms with Crippen LogP contribution in [0, 0.1) is 5.41 Å². The molecular formula is C9H21NO5. The van der Waals surface area contributed by atoms with E-state index in [1.807, 2.05) is 6.92 Å². The summed E-state index contributed by atoms with van der Waals surface area (Å²) in [4.78, 5) is 9.60. The molecule has 0 aromatic heterocycles. The molecule has 0 saturated carbocycles. The largest absolute Gasteiger partial charge is 0.450 e. The van der Waals surface area contributed by atoms with Gasteiger partial charge in [0.2, 0.25) is 0 Å². The van der Waals surface area contributed by atoms with Crippen molar-refractivity contribution in [3.8, 4) is 0 Å². The zero-order chi connectivity index (χ0) is 12.3. The molecule has 6 nitrogen and oxygen atoms in total. The third kappa shape index (κ3) is 8.17. The quantitative estimate of drug-likeness (QED) is 0.500. The Bertz CT molecular complexity index is 141. The highest BCUT2D eigenvalue weighted by atomic mass is 16.5. The van der Waals surface area contributed by atoms with Crippen LogP contribution in [0.3, 0.4) is 0 Å². The van der Waals surface area contributed by atoms with Crippen LogP contribution in [0.25, 0.3) is 0 Å². The van der Waals surface area contributed by atoms with Gasteiger partial charge in [0.15, 0.2) is 0 Å². The molecular weight excluding hydrogens is 202 g/mol. The fourth-order valence-electron chi connectivity index (χ4n) is 0.628. The molecule has 6 heteroatoms. The summed E-state index contributed by atoms with van der Waals surface area (Å²) in [6.45, 7) is 3.41. The molecule has 0 aromatic carbocycles. The Morgan fingerprint density at radius 2 is 1.60 bits per heavy atom. The highest BCUT2D eigenvalue weighted by molar-refractivity contribution is 5.64. The first-order chi connectivity index (χ1) is 7.01. The minimum Gasteiger partial charge on any atom is -0.450 e. The molecule has 0 atom stereocenters. The molecule has 0 aromatic rings. The predicted octanol–water partition coefficient (Wildman–Crippen LogP) is -0.539. The average molecular weight is 223 g/mol. The zero-order valence-corrected chi connectivity index (χ0v) is 9.27. The lowest BCUT2D eigenvalue weighted by Crippen LogP contribution is -2.32. The second-order valence-electron chi connectivity index (χ2n) is 3.08. The molecule has 0 aliphatic heterocycles. The maximum absolute atomic E-state index is 9.60. The Morgan fingerprint density at radius 1 is 1.20 bits per heavy atom. The number of carbonyl (C=O) groups is 1. The Hall–Kier alpha value is -0.850. The summed E-state index contributed by atoms with van der Waals surface area (Å²) in [5, 5.41) is 26.0. The Labute approximate surface area is 89.7 Å². The van der Waals surface area contributed by atoms with E-state index < -0.39 is 11.5 Å². The molecule has 1 amide bonds. The summed E-state index contributed by atoms with van der Waals surface area (Å²) in [6.07, 6.45) is -0.117. The molecule has 92 valence electrons. The minimum absolute atomic E-state index is 0.156. The topological polar surface area (TPSA) is 113 Å². The second kappa shape index (κ2) is 9.70. The van der Waals surface area contributed by atoms with Crippen molar-refractivity contribution in [2.24, 2.45) is 11.1 Å². The third-order valence-electron chi connectivity index (χ3n) is 2.04. The molecule has 5 N–H and O–H groups in total. The van der Waals surface area contributed by atoms with Crippen LogP contribution in [-0.2, 0) is 4.74 Å². The first-order valence-corrected chi connectivity index (χ1v) is 4.76. The fourth-order valence-corrected chi connectivity index (χ4v) is 0.628. The molecule has 0 saturated heterocycles. The average Bonchev–Trinajstić information content (AvgIpc) is 2.23. The summed E-state index contributed by atoms with van der Waals surface area (Å²) >= 11 is 0. The summed E-state index contributed by atoms with van der Waals surface area (Å²) in [5.41, 5.74) is 3.88. The van der Waals surface area contributed by atoms with Gasteiger partial charge in [-0.3, -0.25) is 0 Å². The lowest BCUT2D eigenvalue weighted by Gasteiger charge is -2.24. The molecule has 0 aliphatic rings. The number of rotatable bonds is 5. The number of ether oxygens (including phenoxy) is 1. The van der Waals surface area contributed by atoms with Crippen molar-refractivity contribution in [3.05, 3.63) is 0 Å². The molecule has 0 radical (unpaired) electrons. The van der Waals surface area contributed by atoms with Crippen LogP contribution in [0.4, 0.5) is 4.79 Å². The van der Waals surface area contributed by atoms with E-state index in [1.54, 1.807) is 6.92 Å². The van der Waals surface area contributed by atoms with Crippen LogP contribution in [0.2, 0.25) is 0 Å². The van der Waals surface area contributed by atoms with Gasteiger partial charge in [-0.15, -0.1) is 0 Å². The van der Waals surface area contributed by atoms with Crippen LogP contribution >= 0.6 is 0 Å². The number of amides is 1. The van der Waals surface area contributed by atoms with Crippen LogP contribution in [0.1, 0.15) is 20.3 Å². The van der Waals surface area contributed by atoms with E-state index >= 15 is 0 Å². The molecule has 15 heavy (non-hydrogen) atoms. The lowest BCUT2D eigenvalue weighted by atomic mass is 9.88. The van der Waals surface area contributed by atoms with E-state index in [0.29, 0.717) is 13.0 Å². The van der Waals surface area contributed by atoms with Crippen LogP contribution in [0.15, 0.2) is 0 Å². The van der Waals surface area contributed by atoms with E-state index in [9.17, 15) is 4.79 Å². The van der Waals surface area contributed by atoms with Crippen molar-refractivity contribution in [1.82, 2.24) is 0 Å². The van der Waals surface area contributed by atoms with Crippen LogP contribution in [0.5, 0.6) is 0 Å². The number of aliphatic hydroxyl groups excluding tert-OH is 3. The van der Waals surface area contributed by atoms with Crippen LogP contribution in [-0.4, -0.2) is 47.8 Å². The molecule has 0 rings (SSSR count). The number of primary amides is 1. The number of carbonyl (C=O) groups excluding carboxylic acids is 1. The van der Waals surface area contributed by atoms with Crippen molar-refractivity contribution >= 4 is 6.09 Å². The van der Waals surface area contributed by atoms with E-state index in [-0.39, 0.29) is 19.8 Å². The Kier molecular flexibility index (Phi) is 10.7. The van der Waals surface area contributed by atoms with E-state index in [4.69, 9.17) is 15.3 Å². The van der Waals surface area contributed by atoms with Crippen molar-refractivity contribution < 1.29 is 24.9 Å². The molecule has 0 fully saturated rings. The second-order valence-corrected chi connectivity index (χ2v) is 3.08. The van der Waals surface area contributed by atoms with Gasteiger partial charge in [0.25, 0.3) is 0 Å². The van der Waals surface area contributed by atoms with Crippen molar-refractivity contribution in [1.29, 1.82) is 0 Å². The first-order valence-electron chi connectivity index (χ1n) is 4.76. The normalized spacial score (nSPS) is 10.2. The van der Waals surface area contributed by atoms with Gasteiger partial charge in [0.05, 0.1) is 26.4 Å². The number of aliphatic hydroxyl groups is 3. The Balaban J connectivity index is 0. The standard InChI is InChI=1S/C6H14O3.C3H7NO2/c1-2-6(3-7,4-8)5-9;1-2-6-3(4)5/h7-9H,2-5H2,1H3;2H2,1H3,(H2,4,5). The van der Waals surface area contributed by atoms with Gasteiger partial charge < -0.3 is 25.8 Å². The van der Waals surface area contributed by atoms with Crippen molar-refractivity contribution in [3.63, 3.8) is 0 Å². The summed E-state index contributed by atoms with van der Waals surface area (Å²) in [5.74, 6) is 0. The van der Waals surface area contributed by atoms with Crippen LogP contribution < -0.4 is 5.73 Å². The van der Waals surface area contributed by atoms with Gasteiger partial charge in [-0.2, -0.15) is 0 Å². The molecule has 0 heterocycles. The number of nitrogens with two attached hydrogens (primary N) is 1. The highest BCUT2D eigenvalue weighted by Gasteiger charge is 2.24. The number of hydrogen-bond acceptors (Lipinski definition) is 5. The number of hydrogen-bond donors (Lipinski definition) is 4. The van der Waals surface area contributed by atoms with Crippen molar-refractivity contribution in [2.75, 3.05) is 26.4 Å². The maximum Gasteiger partial charge on any atom is 0.404 e. The highest BCUT2D eigenvalue weighted by Crippen LogP contribution is 2.18. The molecule has 0 unspecified atom stereocenters. The van der Waals surface area contributed by atoms with E-state index in [2.05, 4.69) is 10.5 Å². The van der Waals surface area contributed by atoms with Gasteiger partial charge in [-0.25, -0.2) is 4.79 Å². The summed E-state index contributed by atoms with van der Waals surface area (Å²) in [6, 6.07) is 0. The molecule has 0 spiro atoms.